The van der Waals surface area contributed by atoms with E-state index in [4.69, 9.17) is 4.74 Å². The largest absolute Gasteiger partial charge is 0.488 e. The Morgan fingerprint density at radius 3 is 2.88 bits per heavy atom. The maximum atomic E-state index is 5.93. The zero-order chi connectivity index (χ0) is 11.8. The second kappa shape index (κ2) is 3.91. The lowest BCUT2D eigenvalue weighted by molar-refractivity contribution is 0.208. The molecular formula is C14H16N2O. The third-order valence-corrected chi connectivity index (χ3v) is 3.46. The minimum Gasteiger partial charge on any atom is -0.488 e. The van der Waals surface area contributed by atoms with Crippen molar-refractivity contribution in [1.82, 2.24) is 9.55 Å². The van der Waals surface area contributed by atoms with Gasteiger partial charge < -0.3 is 9.30 Å². The van der Waals surface area contributed by atoms with Gasteiger partial charge in [0.25, 0.3) is 0 Å². The Morgan fingerprint density at radius 1 is 1.35 bits per heavy atom. The van der Waals surface area contributed by atoms with Gasteiger partial charge in [0, 0.05) is 12.1 Å². The van der Waals surface area contributed by atoms with Crippen LogP contribution in [-0.4, -0.2) is 15.7 Å². The number of hydrogen-bond donors (Lipinski definition) is 0. The van der Waals surface area contributed by atoms with E-state index in [2.05, 4.69) is 28.6 Å². The fraction of sp³-hybridized carbons (Fsp3) is 0.357. The Labute approximate surface area is 101 Å². The van der Waals surface area contributed by atoms with Crippen molar-refractivity contribution in [2.45, 2.75) is 32.9 Å². The average molecular weight is 228 g/mol. The first kappa shape index (κ1) is 10.4. The predicted molar refractivity (Wildman–Crippen MR) is 66.3 cm³/mol. The number of hydrogen-bond acceptors (Lipinski definition) is 2. The number of fused-ring (bicyclic) bond motifs is 1. The quantitative estimate of drug-likeness (QED) is 0.789. The molecule has 0 bridgehead atoms. The van der Waals surface area contributed by atoms with Crippen molar-refractivity contribution in [2.24, 2.45) is 0 Å². The number of ether oxygens (including phenoxy) is 1. The molecule has 1 aromatic carbocycles. The summed E-state index contributed by atoms with van der Waals surface area (Å²) in [5.74, 6) is 1.03. The molecular weight excluding hydrogens is 212 g/mol. The zero-order valence-corrected chi connectivity index (χ0v) is 10.2. The van der Waals surface area contributed by atoms with Crippen LogP contribution in [0, 0.1) is 13.8 Å². The van der Waals surface area contributed by atoms with Gasteiger partial charge in [-0.2, -0.15) is 0 Å². The Hall–Kier alpha value is -1.77. The minimum absolute atomic E-state index is 0.236. The van der Waals surface area contributed by atoms with Gasteiger partial charge in [0.1, 0.15) is 11.9 Å². The van der Waals surface area contributed by atoms with Gasteiger partial charge in [-0.1, -0.05) is 18.2 Å². The molecule has 0 saturated carbocycles. The van der Waals surface area contributed by atoms with Crippen molar-refractivity contribution in [1.29, 1.82) is 0 Å². The fourth-order valence-electron chi connectivity index (χ4n) is 2.30. The van der Waals surface area contributed by atoms with Crippen LogP contribution in [0.2, 0.25) is 0 Å². The maximum Gasteiger partial charge on any atom is 0.123 e. The fourth-order valence-corrected chi connectivity index (χ4v) is 2.30. The Morgan fingerprint density at radius 2 is 2.18 bits per heavy atom. The molecule has 1 unspecified atom stereocenters. The van der Waals surface area contributed by atoms with Crippen LogP contribution < -0.4 is 4.74 Å². The molecule has 17 heavy (non-hydrogen) atoms. The van der Waals surface area contributed by atoms with Crippen molar-refractivity contribution in [3.8, 4) is 5.75 Å². The van der Waals surface area contributed by atoms with Crippen LogP contribution in [-0.2, 0) is 13.0 Å². The van der Waals surface area contributed by atoms with Crippen molar-refractivity contribution < 1.29 is 4.74 Å². The summed E-state index contributed by atoms with van der Waals surface area (Å²) < 4.78 is 8.10. The van der Waals surface area contributed by atoms with Crippen LogP contribution >= 0.6 is 0 Å². The van der Waals surface area contributed by atoms with E-state index in [9.17, 15) is 0 Å². The first-order chi connectivity index (χ1) is 8.24. The molecule has 2 heterocycles. The van der Waals surface area contributed by atoms with E-state index >= 15 is 0 Å². The lowest BCUT2D eigenvalue weighted by atomic mass is 10.1. The second-order valence-corrected chi connectivity index (χ2v) is 4.62. The van der Waals surface area contributed by atoms with E-state index in [-0.39, 0.29) is 6.10 Å². The standard InChI is InChI=1S/C14H16N2O/c1-10-11(2)16(9-15-10)8-13-7-12-5-3-4-6-14(12)17-13/h3-6,9,13H,7-8H2,1-2H3. The molecule has 0 fully saturated rings. The van der Waals surface area contributed by atoms with E-state index in [0.717, 1.165) is 24.4 Å². The van der Waals surface area contributed by atoms with Gasteiger partial charge in [-0.15, -0.1) is 0 Å². The SMILES string of the molecule is Cc1ncn(CC2Cc3ccccc3O2)c1C. The smallest absolute Gasteiger partial charge is 0.123 e. The van der Waals surface area contributed by atoms with Gasteiger partial charge in [0.05, 0.1) is 18.6 Å². The highest BCUT2D eigenvalue weighted by Gasteiger charge is 2.23. The van der Waals surface area contributed by atoms with E-state index < -0.39 is 0 Å². The molecule has 1 aliphatic rings. The lowest BCUT2D eigenvalue weighted by Crippen LogP contribution is -2.21. The molecule has 1 aromatic heterocycles. The molecule has 3 nitrogen and oxygen atoms in total. The number of aromatic nitrogens is 2. The summed E-state index contributed by atoms with van der Waals surface area (Å²) in [7, 11) is 0. The highest BCUT2D eigenvalue weighted by molar-refractivity contribution is 5.37. The Bertz CT molecular complexity index is 520. The molecule has 1 aliphatic heterocycles. The third-order valence-electron chi connectivity index (χ3n) is 3.46. The normalized spacial score (nSPS) is 17.9. The van der Waals surface area contributed by atoms with Crippen LogP contribution in [0.3, 0.4) is 0 Å². The summed E-state index contributed by atoms with van der Waals surface area (Å²) in [6.07, 6.45) is 3.13. The first-order valence-electron chi connectivity index (χ1n) is 5.97. The van der Waals surface area contributed by atoms with Crippen molar-refractivity contribution in [3.05, 3.63) is 47.5 Å². The van der Waals surface area contributed by atoms with Gasteiger partial charge in [0.15, 0.2) is 0 Å². The van der Waals surface area contributed by atoms with Gasteiger partial charge >= 0.3 is 0 Å². The summed E-state index contributed by atoms with van der Waals surface area (Å²) in [6.45, 7) is 5.02. The Balaban J connectivity index is 1.76. The number of benzene rings is 1. The molecule has 2 aromatic rings. The first-order valence-corrected chi connectivity index (χ1v) is 5.97. The summed E-state index contributed by atoms with van der Waals surface area (Å²) in [5, 5.41) is 0. The van der Waals surface area contributed by atoms with Gasteiger partial charge in [-0.05, 0) is 25.5 Å². The van der Waals surface area contributed by atoms with Crippen molar-refractivity contribution >= 4 is 0 Å². The number of aryl methyl sites for hydroxylation is 1. The van der Waals surface area contributed by atoms with Crippen molar-refractivity contribution in [3.63, 3.8) is 0 Å². The Kier molecular flexibility index (Phi) is 2.39. The molecule has 88 valence electrons. The van der Waals surface area contributed by atoms with Crippen molar-refractivity contribution in [2.75, 3.05) is 0 Å². The number of imidazole rings is 1. The third kappa shape index (κ3) is 1.82. The highest BCUT2D eigenvalue weighted by Crippen LogP contribution is 2.28. The molecule has 3 rings (SSSR count). The molecule has 0 N–H and O–H groups in total. The second-order valence-electron chi connectivity index (χ2n) is 4.62. The topological polar surface area (TPSA) is 27.1 Å². The lowest BCUT2D eigenvalue weighted by Gasteiger charge is -2.12. The maximum absolute atomic E-state index is 5.93. The van der Waals surface area contributed by atoms with Crippen LogP contribution in [0.25, 0.3) is 0 Å². The predicted octanol–water partition coefficient (Wildman–Crippen LogP) is 2.50. The van der Waals surface area contributed by atoms with Gasteiger partial charge in [0.2, 0.25) is 0 Å². The van der Waals surface area contributed by atoms with Crippen LogP contribution in [0.5, 0.6) is 5.75 Å². The highest BCUT2D eigenvalue weighted by atomic mass is 16.5. The van der Waals surface area contributed by atoms with E-state index in [1.54, 1.807) is 0 Å². The van der Waals surface area contributed by atoms with Gasteiger partial charge in [-0.3, -0.25) is 0 Å². The summed E-state index contributed by atoms with van der Waals surface area (Å²) in [4.78, 5) is 4.31. The average Bonchev–Trinajstić information content (AvgIpc) is 2.87. The molecule has 0 saturated heterocycles. The molecule has 0 aliphatic carbocycles. The molecule has 0 spiro atoms. The number of nitrogens with zero attached hydrogens (tertiary/aromatic N) is 2. The summed E-state index contributed by atoms with van der Waals surface area (Å²) in [5.41, 5.74) is 3.64. The van der Waals surface area contributed by atoms with E-state index in [0.29, 0.717) is 0 Å². The molecule has 0 amide bonds. The minimum atomic E-state index is 0.236. The van der Waals surface area contributed by atoms with Gasteiger partial charge in [-0.25, -0.2) is 4.98 Å². The summed E-state index contributed by atoms with van der Waals surface area (Å²) in [6, 6.07) is 8.27. The zero-order valence-electron chi connectivity index (χ0n) is 10.2. The number of para-hydroxylation sites is 1. The molecule has 0 radical (unpaired) electrons. The van der Waals surface area contributed by atoms with Crippen LogP contribution in [0.15, 0.2) is 30.6 Å². The summed E-state index contributed by atoms with van der Waals surface area (Å²) >= 11 is 0. The van der Waals surface area contributed by atoms with Crippen LogP contribution in [0.1, 0.15) is 17.0 Å². The van der Waals surface area contributed by atoms with E-state index in [1.165, 1.54) is 11.3 Å². The number of rotatable bonds is 2. The molecule has 1 atom stereocenters. The molecule has 3 heteroatoms. The van der Waals surface area contributed by atoms with Crippen LogP contribution in [0.4, 0.5) is 0 Å². The monoisotopic (exact) mass is 228 g/mol. The van der Waals surface area contributed by atoms with E-state index in [1.807, 2.05) is 25.4 Å².